The SMILES string of the molecule is CCc1ccc(F)c(N2CCC(Oc3ccc(N4N=C(C(F)(F)F)C(C)[C@@H]4CC)cc3)CC2)c1. The van der Waals surface area contributed by atoms with E-state index in [1.807, 2.05) is 19.1 Å². The fourth-order valence-electron chi connectivity index (χ4n) is 4.87. The number of hydrogen-bond donors (Lipinski definition) is 0. The van der Waals surface area contributed by atoms with Crippen LogP contribution in [0.3, 0.4) is 0 Å². The van der Waals surface area contributed by atoms with E-state index in [-0.39, 0.29) is 18.0 Å². The van der Waals surface area contributed by atoms with Crippen LogP contribution in [0.5, 0.6) is 5.75 Å². The zero-order chi connectivity index (χ0) is 24.5. The lowest BCUT2D eigenvalue weighted by atomic mass is 9.95. The van der Waals surface area contributed by atoms with Crippen LogP contribution in [-0.4, -0.2) is 37.1 Å². The first-order valence-electron chi connectivity index (χ1n) is 12.0. The van der Waals surface area contributed by atoms with Gasteiger partial charge in [0, 0.05) is 31.8 Å². The number of alkyl halides is 3. The zero-order valence-corrected chi connectivity index (χ0v) is 19.8. The minimum atomic E-state index is -4.43. The summed E-state index contributed by atoms with van der Waals surface area (Å²) in [4.78, 5) is 2.06. The van der Waals surface area contributed by atoms with Crippen molar-refractivity contribution in [3.05, 3.63) is 53.8 Å². The van der Waals surface area contributed by atoms with E-state index in [0.29, 0.717) is 36.6 Å². The number of benzene rings is 2. The molecule has 4 nitrogen and oxygen atoms in total. The standard InChI is InChI=1S/C26H31F4N3O/c1-4-18-6-11-22(27)24(16-18)32-14-12-21(13-15-32)34-20-9-7-19(8-10-20)33-23(5-2)17(3)25(31-33)26(28,29)30/h6-11,16-17,21,23H,4-5,12-15H2,1-3H3/t17?,23-/m0/s1. The molecule has 2 aliphatic heterocycles. The smallest absolute Gasteiger partial charge is 0.431 e. The molecule has 0 bridgehead atoms. The summed E-state index contributed by atoms with van der Waals surface area (Å²) in [6.07, 6.45) is -1.48. The minimum absolute atomic E-state index is 0.00423. The lowest BCUT2D eigenvalue weighted by molar-refractivity contribution is -0.0620. The summed E-state index contributed by atoms with van der Waals surface area (Å²) in [6, 6.07) is 12.0. The van der Waals surface area contributed by atoms with E-state index >= 15 is 0 Å². The number of aryl methyl sites for hydroxylation is 1. The molecule has 8 heteroatoms. The highest BCUT2D eigenvalue weighted by atomic mass is 19.4. The maximum Gasteiger partial charge on any atom is 0.431 e. The summed E-state index contributed by atoms with van der Waals surface area (Å²) in [6.45, 7) is 6.90. The summed E-state index contributed by atoms with van der Waals surface area (Å²) in [5, 5.41) is 5.39. The van der Waals surface area contributed by atoms with E-state index in [2.05, 4.69) is 16.9 Å². The normalized spacial score (nSPS) is 21.7. The molecule has 1 unspecified atom stereocenters. The molecule has 0 N–H and O–H groups in total. The third kappa shape index (κ3) is 5.00. The van der Waals surface area contributed by atoms with Crippen LogP contribution in [-0.2, 0) is 6.42 Å². The molecule has 1 saturated heterocycles. The third-order valence-electron chi connectivity index (χ3n) is 6.85. The van der Waals surface area contributed by atoms with Crippen molar-refractivity contribution in [2.75, 3.05) is 23.0 Å². The maximum atomic E-state index is 14.3. The lowest BCUT2D eigenvalue weighted by Crippen LogP contribution is -2.38. The van der Waals surface area contributed by atoms with Gasteiger partial charge in [0.1, 0.15) is 23.4 Å². The van der Waals surface area contributed by atoms with E-state index in [0.717, 1.165) is 24.8 Å². The first-order valence-corrected chi connectivity index (χ1v) is 12.0. The maximum absolute atomic E-state index is 14.3. The van der Waals surface area contributed by atoms with Crippen LogP contribution in [0.25, 0.3) is 0 Å². The van der Waals surface area contributed by atoms with E-state index in [4.69, 9.17) is 4.74 Å². The van der Waals surface area contributed by atoms with E-state index in [1.54, 1.807) is 31.2 Å². The van der Waals surface area contributed by atoms with Crippen molar-refractivity contribution in [2.24, 2.45) is 11.0 Å². The Labute approximate surface area is 198 Å². The Bertz CT molecular complexity index is 1010. The Kier molecular flexibility index (Phi) is 7.05. The summed E-state index contributed by atoms with van der Waals surface area (Å²) in [5.41, 5.74) is 1.64. The Hall–Kier alpha value is -2.77. The lowest BCUT2D eigenvalue weighted by Gasteiger charge is -2.34. The highest BCUT2D eigenvalue weighted by Gasteiger charge is 2.47. The molecule has 0 aromatic heterocycles. The first-order chi connectivity index (χ1) is 16.2. The highest BCUT2D eigenvalue weighted by molar-refractivity contribution is 5.95. The molecule has 0 radical (unpaired) electrons. The van der Waals surface area contributed by atoms with Crippen molar-refractivity contribution in [1.82, 2.24) is 0 Å². The monoisotopic (exact) mass is 477 g/mol. The van der Waals surface area contributed by atoms with Crippen LogP contribution in [0.15, 0.2) is 47.6 Å². The molecule has 0 amide bonds. The number of piperidine rings is 1. The van der Waals surface area contributed by atoms with Crippen molar-refractivity contribution in [2.45, 2.75) is 64.8 Å². The van der Waals surface area contributed by atoms with Gasteiger partial charge in [-0.15, -0.1) is 0 Å². The molecule has 1 fully saturated rings. The van der Waals surface area contributed by atoms with Gasteiger partial charge in [0.25, 0.3) is 0 Å². The summed E-state index contributed by atoms with van der Waals surface area (Å²) in [5.74, 6) is -0.222. The second kappa shape index (κ2) is 9.84. The van der Waals surface area contributed by atoms with Crippen molar-refractivity contribution in [3.8, 4) is 5.75 Å². The average Bonchev–Trinajstić information content (AvgIpc) is 3.17. The van der Waals surface area contributed by atoms with Gasteiger partial charge in [-0.05, 0) is 54.8 Å². The highest BCUT2D eigenvalue weighted by Crippen LogP contribution is 2.37. The second-order valence-electron chi connectivity index (χ2n) is 9.03. The van der Waals surface area contributed by atoms with E-state index in [9.17, 15) is 17.6 Å². The van der Waals surface area contributed by atoms with Gasteiger partial charge in [-0.3, -0.25) is 5.01 Å². The topological polar surface area (TPSA) is 28.1 Å². The molecule has 2 heterocycles. The molecule has 2 aliphatic rings. The molecule has 4 rings (SSSR count). The fraction of sp³-hybridized carbons (Fsp3) is 0.500. The molecule has 184 valence electrons. The summed E-state index contributed by atoms with van der Waals surface area (Å²) < 4.78 is 60.4. The van der Waals surface area contributed by atoms with Gasteiger partial charge in [0.15, 0.2) is 0 Å². The van der Waals surface area contributed by atoms with Gasteiger partial charge in [0.05, 0.1) is 17.4 Å². The van der Waals surface area contributed by atoms with Crippen LogP contribution >= 0.6 is 0 Å². The molecule has 34 heavy (non-hydrogen) atoms. The summed E-state index contributed by atoms with van der Waals surface area (Å²) in [7, 11) is 0. The number of rotatable bonds is 6. The van der Waals surface area contributed by atoms with Crippen LogP contribution < -0.4 is 14.6 Å². The molecular weight excluding hydrogens is 446 g/mol. The van der Waals surface area contributed by atoms with Gasteiger partial charge in [0.2, 0.25) is 0 Å². The van der Waals surface area contributed by atoms with Gasteiger partial charge in [-0.25, -0.2) is 4.39 Å². The second-order valence-corrected chi connectivity index (χ2v) is 9.03. The third-order valence-corrected chi connectivity index (χ3v) is 6.85. The summed E-state index contributed by atoms with van der Waals surface area (Å²) >= 11 is 0. The molecular formula is C26H31F4N3O. The molecule has 0 spiro atoms. The van der Waals surface area contributed by atoms with Crippen molar-refractivity contribution in [3.63, 3.8) is 0 Å². The van der Waals surface area contributed by atoms with Gasteiger partial charge in [-0.2, -0.15) is 18.3 Å². The predicted octanol–water partition coefficient (Wildman–Crippen LogP) is 6.59. The number of halogens is 4. The van der Waals surface area contributed by atoms with E-state index < -0.39 is 17.8 Å². The van der Waals surface area contributed by atoms with Crippen LogP contribution in [0.1, 0.15) is 45.6 Å². The Morgan fingerprint density at radius 3 is 2.29 bits per heavy atom. The largest absolute Gasteiger partial charge is 0.490 e. The first kappa shape index (κ1) is 24.4. The number of nitrogens with zero attached hydrogens (tertiary/aromatic N) is 3. The van der Waals surface area contributed by atoms with E-state index in [1.165, 1.54) is 11.1 Å². The number of hydrogen-bond acceptors (Lipinski definition) is 4. The Balaban J connectivity index is 1.38. The number of anilines is 2. The fourth-order valence-corrected chi connectivity index (χ4v) is 4.87. The number of hydrazone groups is 1. The molecule has 2 aromatic carbocycles. The molecule has 2 aromatic rings. The van der Waals surface area contributed by atoms with Crippen molar-refractivity contribution in [1.29, 1.82) is 0 Å². The van der Waals surface area contributed by atoms with Gasteiger partial charge in [-0.1, -0.05) is 26.8 Å². The molecule has 0 aliphatic carbocycles. The van der Waals surface area contributed by atoms with Crippen molar-refractivity contribution < 1.29 is 22.3 Å². The Morgan fingerprint density at radius 1 is 1.03 bits per heavy atom. The van der Waals surface area contributed by atoms with Gasteiger partial charge < -0.3 is 9.64 Å². The van der Waals surface area contributed by atoms with Gasteiger partial charge >= 0.3 is 6.18 Å². The quantitative estimate of drug-likeness (QED) is 0.440. The molecule has 2 atom stereocenters. The minimum Gasteiger partial charge on any atom is -0.490 e. The number of ether oxygens (including phenoxy) is 1. The Morgan fingerprint density at radius 2 is 1.71 bits per heavy atom. The van der Waals surface area contributed by atoms with Crippen LogP contribution in [0, 0.1) is 11.7 Å². The molecule has 0 saturated carbocycles. The predicted molar refractivity (Wildman–Crippen MR) is 127 cm³/mol. The van der Waals surface area contributed by atoms with Crippen LogP contribution in [0.4, 0.5) is 28.9 Å². The van der Waals surface area contributed by atoms with Crippen molar-refractivity contribution >= 4 is 17.1 Å². The van der Waals surface area contributed by atoms with Crippen LogP contribution in [0.2, 0.25) is 0 Å². The zero-order valence-electron chi connectivity index (χ0n) is 19.8. The average molecular weight is 478 g/mol.